The Labute approximate surface area is 166 Å². The van der Waals surface area contributed by atoms with E-state index in [2.05, 4.69) is 28.8 Å². The van der Waals surface area contributed by atoms with Gasteiger partial charge in [-0.25, -0.2) is 19.3 Å². The Morgan fingerprint density at radius 3 is 2.76 bits per heavy atom. The van der Waals surface area contributed by atoms with Gasteiger partial charge in [0.2, 0.25) is 0 Å². The van der Waals surface area contributed by atoms with Crippen LogP contribution in [0.5, 0.6) is 0 Å². The maximum absolute atomic E-state index is 14.4. The van der Waals surface area contributed by atoms with E-state index in [0.717, 1.165) is 6.42 Å². The van der Waals surface area contributed by atoms with Gasteiger partial charge in [-0.05, 0) is 12.6 Å². The van der Waals surface area contributed by atoms with Gasteiger partial charge in [0.05, 0.1) is 6.33 Å². The summed E-state index contributed by atoms with van der Waals surface area (Å²) in [7, 11) is -2.47. The second-order valence-electron chi connectivity index (χ2n) is 6.86. The normalized spacial score (nSPS) is 21.6. The van der Waals surface area contributed by atoms with Crippen LogP contribution < -0.4 is 5.73 Å². The number of rotatable bonds is 7. The summed E-state index contributed by atoms with van der Waals surface area (Å²) in [4.78, 5) is 28.3. The van der Waals surface area contributed by atoms with E-state index in [9.17, 15) is 8.96 Å². The van der Waals surface area contributed by atoms with Crippen molar-refractivity contribution in [2.75, 3.05) is 24.9 Å². The quantitative estimate of drug-likeness (QED) is 0.660. The molecule has 0 saturated heterocycles. The lowest BCUT2D eigenvalue weighted by Gasteiger charge is -2.20. The third-order valence-electron chi connectivity index (χ3n) is 4.34. The molecule has 3 heterocycles. The molecule has 3 rings (SSSR count). The van der Waals surface area contributed by atoms with E-state index in [-0.39, 0.29) is 18.3 Å². The highest BCUT2D eigenvalue weighted by Crippen LogP contribution is 2.44. The van der Waals surface area contributed by atoms with E-state index in [0.29, 0.717) is 23.2 Å². The molecular weight excluding hydrogens is 404 g/mol. The highest BCUT2D eigenvalue weighted by Gasteiger charge is 2.32. The molecule has 10 nitrogen and oxygen atoms in total. The molecule has 29 heavy (non-hydrogen) atoms. The highest BCUT2D eigenvalue weighted by atomic mass is 31.2. The smallest absolute Gasteiger partial charge is 0.373 e. The average molecular weight is 427 g/mol. The zero-order chi connectivity index (χ0) is 21.6. The van der Waals surface area contributed by atoms with Crippen molar-refractivity contribution in [2.24, 2.45) is 5.92 Å². The number of nitrogens with zero attached hydrogens (tertiary/aromatic N) is 4. The van der Waals surface area contributed by atoms with Crippen molar-refractivity contribution in [3.63, 3.8) is 0 Å². The Balaban J connectivity index is 0.000000941. The fourth-order valence-corrected chi connectivity index (χ4v) is 4.99. The van der Waals surface area contributed by atoms with E-state index >= 15 is 0 Å². The minimum atomic E-state index is -2.47. The number of halogens is 1. The van der Waals surface area contributed by atoms with Crippen LogP contribution in [0.15, 0.2) is 24.6 Å². The summed E-state index contributed by atoms with van der Waals surface area (Å²) in [5.74, 6) is 0.0293. The van der Waals surface area contributed by atoms with Gasteiger partial charge in [0, 0.05) is 12.2 Å². The lowest BCUT2D eigenvalue weighted by atomic mass is 10.2. The summed E-state index contributed by atoms with van der Waals surface area (Å²) in [6.07, 6.45) is 3.77. The number of nitrogen functional groups attached to an aromatic ring is 1. The third-order valence-corrected chi connectivity index (χ3v) is 6.43. The Kier molecular flexibility index (Phi) is 7.75. The summed E-state index contributed by atoms with van der Waals surface area (Å²) in [6, 6.07) is 0. The lowest BCUT2D eigenvalue weighted by Crippen LogP contribution is -2.17. The molecule has 0 saturated carbocycles. The number of anilines is 1. The van der Waals surface area contributed by atoms with E-state index in [4.69, 9.17) is 24.8 Å². The van der Waals surface area contributed by atoms with Crippen molar-refractivity contribution < 1.29 is 28.0 Å². The van der Waals surface area contributed by atoms with E-state index in [1.807, 2.05) is 0 Å². The first-order valence-corrected chi connectivity index (χ1v) is 11.4. The van der Waals surface area contributed by atoms with Crippen LogP contribution in [0.4, 0.5) is 10.2 Å². The van der Waals surface area contributed by atoms with Gasteiger partial charge in [-0.3, -0.25) is 4.57 Å². The van der Waals surface area contributed by atoms with E-state index in [1.54, 1.807) is 6.66 Å². The van der Waals surface area contributed by atoms with Crippen molar-refractivity contribution in [2.45, 2.75) is 32.8 Å². The van der Waals surface area contributed by atoms with Crippen molar-refractivity contribution in [1.29, 1.82) is 0 Å². The first-order valence-electron chi connectivity index (χ1n) is 8.84. The van der Waals surface area contributed by atoms with Gasteiger partial charge < -0.3 is 19.8 Å². The summed E-state index contributed by atoms with van der Waals surface area (Å²) < 4.78 is 39.6. The number of aromatic nitrogens is 4. The number of hydrogen-bond acceptors (Lipinski definition) is 9. The monoisotopic (exact) mass is 427 g/mol. The van der Waals surface area contributed by atoms with Crippen LogP contribution in [-0.2, 0) is 23.6 Å². The van der Waals surface area contributed by atoms with Gasteiger partial charge in [-0.15, -0.1) is 0 Å². The van der Waals surface area contributed by atoms with Gasteiger partial charge >= 0.3 is 6.15 Å². The van der Waals surface area contributed by atoms with Crippen LogP contribution in [0.1, 0.15) is 26.5 Å². The highest BCUT2D eigenvalue weighted by molar-refractivity contribution is 7.62. The molecule has 0 aromatic carbocycles. The molecule has 1 aliphatic rings. The van der Waals surface area contributed by atoms with Crippen LogP contribution in [0.3, 0.4) is 0 Å². The van der Waals surface area contributed by atoms with Crippen molar-refractivity contribution >= 4 is 30.3 Å². The predicted molar refractivity (Wildman–Crippen MR) is 102 cm³/mol. The Bertz CT molecular complexity index is 959. The summed E-state index contributed by atoms with van der Waals surface area (Å²) >= 11 is 0. The number of fused-ring (bicyclic) bond motifs is 1. The van der Waals surface area contributed by atoms with Crippen LogP contribution in [0, 0.1) is 5.92 Å². The zero-order valence-corrected chi connectivity index (χ0v) is 17.2. The number of hydrogen-bond donors (Lipinski definition) is 1. The maximum Gasteiger partial charge on any atom is 0.373 e. The molecule has 3 unspecified atom stereocenters. The van der Waals surface area contributed by atoms with Crippen molar-refractivity contribution in [3.05, 3.63) is 24.6 Å². The SMILES string of the molecule is CCC(C)CP(C)(=O)COC1C=C(F)[C@H](n2cnc3c(N)ncnc32)O1.O=C=O. The van der Waals surface area contributed by atoms with Crippen LogP contribution in [0.2, 0.25) is 0 Å². The third kappa shape index (κ3) is 5.77. The zero-order valence-electron chi connectivity index (χ0n) is 16.3. The Hall–Kier alpha value is -2.45. The van der Waals surface area contributed by atoms with Crippen molar-refractivity contribution in [1.82, 2.24) is 19.5 Å². The Morgan fingerprint density at radius 1 is 1.41 bits per heavy atom. The molecule has 2 N–H and O–H groups in total. The molecule has 12 heteroatoms. The number of imidazole rings is 1. The fourth-order valence-electron chi connectivity index (χ4n) is 2.84. The second kappa shape index (κ2) is 9.84. The fraction of sp³-hybridized carbons (Fsp3) is 0.529. The Morgan fingerprint density at radius 2 is 2.10 bits per heavy atom. The standard InChI is InChI=1S/C16H23FN5O3P.CO2/c1-4-10(2)6-26(3,23)9-24-12-5-11(17)16(25-12)22-8-21-13-14(18)19-7-20-15(13)22;2-1-3/h5,7-8,10,12,16H,4,6,9H2,1-3H3,(H2,18,19,20);/t10?,12?,16-,26?;/m1./s1. The largest absolute Gasteiger partial charge is 0.382 e. The summed E-state index contributed by atoms with van der Waals surface area (Å²) in [6.45, 7) is 5.81. The molecule has 4 atom stereocenters. The molecule has 2 aromatic rings. The van der Waals surface area contributed by atoms with Crippen molar-refractivity contribution in [3.8, 4) is 0 Å². The lowest BCUT2D eigenvalue weighted by molar-refractivity contribution is -0.191. The second-order valence-corrected chi connectivity index (χ2v) is 10.1. The molecule has 1 aliphatic heterocycles. The molecular formula is C17H23FN5O5P. The van der Waals surface area contributed by atoms with E-state index < -0.39 is 25.5 Å². The molecule has 158 valence electrons. The molecule has 0 amide bonds. The number of ether oxygens (including phenoxy) is 2. The molecule has 0 fully saturated rings. The minimum absolute atomic E-state index is 0.0400. The predicted octanol–water partition coefficient (Wildman–Crippen LogP) is 2.55. The molecule has 2 aromatic heterocycles. The van der Waals surface area contributed by atoms with Gasteiger partial charge in [-0.2, -0.15) is 9.59 Å². The van der Waals surface area contributed by atoms with Gasteiger partial charge in [0.15, 0.2) is 29.8 Å². The molecule has 0 spiro atoms. The van der Waals surface area contributed by atoms with Gasteiger partial charge in [-0.1, -0.05) is 20.3 Å². The van der Waals surface area contributed by atoms with Gasteiger partial charge in [0.25, 0.3) is 0 Å². The van der Waals surface area contributed by atoms with Crippen LogP contribution in [0.25, 0.3) is 11.2 Å². The van der Waals surface area contributed by atoms with Gasteiger partial charge in [0.1, 0.15) is 25.3 Å². The molecule has 0 radical (unpaired) electrons. The maximum atomic E-state index is 14.4. The minimum Gasteiger partial charge on any atom is -0.382 e. The summed E-state index contributed by atoms with van der Waals surface area (Å²) in [5.41, 5.74) is 6.49. The average Bonchev–Trinajstić information content (AvgIpc) is 3.24. The summed E-state index contributed by atoms with van der Waals surface area (Å²) in [5, 5.41) is 0. The number of nitrogens with two attached hydrogens (primary N) is 1. The molecule has 0 bridgehead atoms. The molecule has 0 aliphatic carbocycles. The topological polar surface area (TPSA) is 139 Å². The van der Waals surface area contributed by atoms with E-state index in [1.165, 1.54) is 23.3 Å². The first kappa shape index (κ1) is 22.8. The van der Waals surface area contributed by atoms with Crippen LogP contribution >= 0.6 is 7.14 Å². The first-order chi connectivity index (χ1) is 13.7. The number of carbonyl (C=O) groups excluding carboxylic acids is 2. The van der Waals surface area contributed by atoms with Crippen LogP contribution in [-0.4, -0.2) is 51.1 Å².